The third kappa shape index (κ3) is 5.75. The molecule has 7 nitrogen and oxygen atoms in total. The number of nitrogens with zero attached hydrogens (tertiary/aromatic N) is 4. The largest absolute Gasteiger partial charge is 0.485 e. The van der Waals surface area contributed by atoms with Gasteiger partial charge < -0.3 is 9.30 Å². The number of aromatic nitrogens is 2. The van der Waals surface area contributed by atoms with Crippen molar-refractivity contribution in [2.24, 2.45) is 0 Å². The van der Waals surface area contributed by atoms with E-state index in [1.165, 1.54) is 30.6 Å². The fourth-order valence-corrected chi connectivity index (χ4v) is 2.19. The zero-order chi connectivity index (χ0) is 18.4. The predicted molar refractivity (Wildman–Crippen MR) is 83.2 cm³/mol. The lowest BCUT2D eigenvalue weighted by Crippen LogP contribution is -2.27. The normalized spacial score (nSPS) is 11.7. The summed E-state index contributed by atoms with van der Waals surface area (Å²) in [6.07, 6.45) is -1.72. The maximum absolute atomic E-state index is 12.5. The molecule has 10 heteroatoms. The molecule has 0 fully saturated rings. The van der Waals surface area contributed by atoms with E-state index < -0.39 is 17.6 Å². The molecule has 0 aliphatic rings. The summed E-state index contributed by atoms with van der Waals surface area (Å²) < 4.78 is 43.9. The van der Waals surface area contributed by atoms with Crippen molar-refractivity contribution in [1.29, 1.82) is 0 Å². The number of nitro benzene ring substituents is 1. The lowest BCUT2D eigenvalue weighted by atomic mass is 10.3. The average molecular weight is 358 g/mol. The van der Waals surface area contributed by atoms with Crippen LogP contribution >= 0.6 is 0 Å². The van der Waals surface area contributed by atoms with Gasteiger partial charge in [0.1, 0.15) is 19.0 Å². The molecule has 0 aliphatic heterocycles. The van der Waals surface area contributed by atoms with Gasteiger partial charge in [-0.3, -0.25) is 15.0 Å². The minimum atomic E-state index is -4.32. The third-order valence-corrected chi connectivity index (χ3v) is 3.36. The molecule has 0 amide bonds. The average Bonchev–Trinajstić information content (AvgIpc) is 2.92. The van der Waals surface area contributed by atoms with Crippen molar-refractivity contribution < 1.29 is 22.8 Å². The summed E-state index contributed by atoms with van der Waals surface area (Å²) in [5.74, 6) is 0.435. The monoisotopic (exact) mass is 358 g/mol. The molecule has 1 aromatic carbocycles. The lowest BCUT2D eigenvalue weighted by molar-refractivity contribution is -0.385. The molecule has 0 radical (unpaired) electrons. The molecule has 0 saturated heterocycles. The minimum Gasteiger partial charge on any atom is -0.485 e. The SMILES string of the molecule is CN(CCOc1ccccc1[N+](=O)[O-])Cc1nccn1CC(F)(F)F. The minimum absolute atomic E-state index is 0.133. The number of rotatable bonds is 8. The van der Waals surface area contributed by atoms with E-state index in [1.54, 1.807) is 18.0 Å². The fraction of sp³-hybridized carbons (Fsp3) is 0.400. The summed E-state index contributed by atoms with van der Waals surface area (Å²) in [5.41, 5.74) is -0.133. The maximum atomic E-state index is 12.5. The molecule has 0 atom stereocenters. The van der Waals surface area contributed by atoms with E-state index in [4.69, 9.17) is 4.74 Å². The maximum Gasteiger partial charge on any atom is 0.406 e. The molecule has 0 unspecified atom stereocenters. The Morgan fingerprint density at radius 1 is 1.36 bits per heavy atom. The van der Waals surface area contributed by atoms with Crippen LogP contribution in [0.15, 0.2) is 36.7 Å². The highest BCUT2D eigenvalue weighted by molar-refractivity contribution is 5.45. The van der Waals surface area contributed by atoms with Gasteiger partial charge in [-0.25, -0.2) is 4.98 Å². The van der Waals surface area contributed by atoms with Gasteiger partial charge in [0.15, 0.2) is 5.75 Å². The smallest absolute Gasteiger partial charge is 0.406 e. The molecule has 0 bridgehead atoms. The van der Waals surface area contributed by atoms with Crippen molar-refractivity contribution in [3.05, 3.63) is 52.6 Å². The van der Waals surface area contributed by atoms with Crippen LogP contribution in [0.1, 0.15) is 5.82 Å². The summed E-state index contributed by atoms with van der Waals surface area (Å²) in [5, 5.41) is 10.9. The van der Waals surface area contributed by atoms with E-state index in [0.717, 1.165) is 4.57 Å². The first-order valence-corrected chi connectivity index (χ1v) is 7.38. The molecular weight excluding hydrogens is 341 g/mol. The van der Waals surface area contributed by atoms with E-state index >= 15 is 0 Å². The number of para-hydroxylation sites is 2. The molecule has 2 aromatic rings. The van der Waals surface area contributed by atoms with Gasteiger partial charge in [-0.05, 0) is 13.1 Å². The van der Waals surface area contributed by atoms with Gasteiger partial charge >= 0.3 is 11.9 Å². The van der Waals surface area contributed by atoms with Crippen LogP contribution in [0.2, 0.25) is 0 Å². The number of ether oxygens (including phenoxy) is 1. The second-order valence-electron chi connectivity index (χ2n) is 5.40. The van der Waals surface area contributed by atoms with Gasteiger partial charge in [0.05, 0.1) is 11.5 Å². The Hall–Kier alpha value is -2.62. The Bertz CT molecular complexity index is 718. The number of hydrogen-bond acceptors (Lipinski definition) is 5. The molecule has 0 saturated carbocycles. The van der Waals surface area contributed by atoms with Crippen molar-refractivity contribution >= 4 is 5.69 Å². The summed E-state index contributed by atoms with van der Waals surface area (Å²) in [7, 11) is 1.70. The Morgan fingerprint density at radius 2 is 2.08 bits per heavy atom. The first-order chi connectivity index (χ1) is 11.8. The van der Waals surface area contributed by atoms with Crippen molar-refractivity contribution in [2.45, 2.75) is 19.3 Å². The highest BCUT2D eigenvalue weighted by Gasteiger charge is 2.28. The molecule has 2 rings (SSSR count). The van der Waals surface area contributed by atoms with Gasteiger partial charge in [0.2, 0.25) is 0 Å². The van der Waals surface area contributed by atoms with E-state index in [0.29, 0.717) is 6.54 Å². The number of halogens is 3. The third-order valence-electron chi connectivity index (χ3n) is 3.36. The zero-order valence-corrected chi connectivity index (χ0v) is 13.4. The first-order valence-electron chi connectivity index (χ1n) is 7.38. The van der Waals surface area contributed by atoms with Crippen LogP contribution in [0.5, 0.6) is 5.75 Å². The van der Waals surface area contributed by atoms with E-state index in [1.807, 2.05) is 0 Å². The summed E-state index contributed by atoms with van der Waals surface area (Å²) in [6.45, 7) is -0.377. The predicted octanol–water partition coefficient (Wildman–Crippen LogP) is 2.86. The van der Waals surface area contributed by atoms with Crippen LogP contribution < -0.4 is 4.74 Å². The number of alkyl halides is 3. The standard InChI is InChI=1S/C15H17F3N4O3/c1-20(10-14-19-6-7-21(14)11-15(16,17)18)8-9-25-13-5-3-2-4-12(13)22(23)24/h2-7H,8-11H2,1H3. The van der Waals surface area contributed by atoms with Gasteiger partial charge in [0, 0.05) is 25.0 Å². The van der Waals surface area contributed by atoms with E-state index in [2.05, 4.69) is 4.98 Å². The number of benzene rings is 1. The second kappa shape index (κ2) is 7.97. The number of likely N-dealkylation sites (N-methyl/N-ethyl adjacent to an activating group) is 1. The van der Waals surface area contributed by atoms with Gasteiger partial charge in [-0.2, -0.15) is 13.2 Å². The first kappa shape index (κ1) is 18.7. The molecule has 1 heterocycles. The van der Waals surface area contributed by atoms with Crippen LogP contribution in [0.4, 0.5) is 18.9 Å². The lowest BCUT2D eigenvalue weighted by Gasteiger charge is -2.18. The molecule has 0 spiro atoms. The van der Waals surface area contributed by atoms with Crippen LogP contribution in [0.3, 0.4) is 0 Å². The molecule has 0 aliphatic carbocycles. The van der Waals surface area contributed by atoms with Crippen molar-refractivity contribution in [2.75, 3.05) is 20.2 Å². The summed E-state index contributed by atoms with van der Waals surface area (Å²) in [4.78, 5) is 16.0. The van der Waals surface area contributed by atoms with Crippen LogP contribution in [-0.2, 0) is 13.1 Å². The fourth-order valence-electron chi connectivity index (χ4n) is 2.19. The van der Waals surface area contributed by atoms with E-state index in [9.17, 15) is 23.3 Å². The summed E-state index contributed by atoms with van der Waals surface area (Å²) in [6, 6.07) is 6.00. The Labute approximate surface area is 141 Å². The van der Waals surface area contributed by atoms with Crippen LogP contribution in [-0.4, -0.2) is 45.7 Å². The Balaban J connectivity index is 1.87. The Kier molecular flexibility index (Phi) is 5.97. The molecular formula is C15H17F3N4O3. The zero-order valence-electron chi connectivity index (χ0n) is 13.4. The highest BCUT2D eigenvalue weighted by Crippen LogP contribution is 2.25. The van der Waals surface area contributed by atoms with Crippen LogP contribution in [0, 0.1) is 10.1 Å². The number of nitro groups is 1. The number of imidazole rings is 1. The van der Waals surface area contributed by atoms with Gasteiger partial charge in [-0.1, -0.05) is 12.1 Å². The molecule has 136 valence electrons. The van der Waals surface area contributed by atoms with Crippen LogP contribution in [0.25, 0.3) is 0 Å². The molecule has 25 heavy (non-hydrogen) atoms. The molecule has 1 aromatic heterocycles. The quantitative estimate of drug-likeness (QED) is 0.536. The van der Waals surface area contributed by atoms with Crippen molar-refractivity contribution in [3.8, 4) is 5.75 Å². The highest BCUT2D eigenvalue weighted by atomic mass is 19.4. The summed E-state index contributed by atoms with van der Waals surface area (Å²) >= 11 is 0. The Morgan fingerprint density at radius 3 is 2.76 bits per heavy atom. The molecule has 0 N–H and O–H groups in total. The van der Waals surface area contributed by atoms with Crippen molar-refractivity contribution in [3.63, 3.8) is 0 Å². The van der Waals surface area contributed by atoms with E-state index in [-0.39, 0.29) is 30.4 Å². The van der Waals surface area contributed by atoms with Gasteiger partial charge in [-0.15, -0.1) is 0 Å². The second-order valence-corrected chi connectivity index (χ2v) is 5.40. The van der Waals surface area contributed by atoms with Gasteiger partial charge in [0.25, 0.3) is 0 Å². The topological polar surface area (TPSA) is 73.4 Å². The van der Waals surface area contributed by atoms with Crippen molar-refractivity contribution in [1.82, 2.24) is 14.5 Å². The number of hydrogen-bond donors (Lipinski definition) is 0.